The van der Waals surface area contributed by atoms with E-state index in [2.05, 4.69) is 303 Å². The Labute approximate surface area is 449 Å². The molecule has 0 aromatic heterocycles. The summed E-state index contributed by atoms with van der Waals surface area (Å²) in [5.74, 6) is 0. The molecule has 14 aromatic carbocycles. The lowest BCUT2D eigenvalue weighted by atomic mass is 9.65. The molecule has 14 aromatic rings. The van der Waals surface area contributed by atoms with Crippen LogP contribution >= 0.6 is 0 Å². The molecule has 0 saturated heterocycles. The van der Waals surface area contributed by atoms with Crippen LogP contribution in [-0.2, 0) is 5.41 Å². The molecule has 0 aliphatic heterocycles. The first-order valence-corrected chi connectivity index (χ1v) is 26.8. The van der Waals surface area contributed by atoms with Gasteiger partial charge in [0.25, 0.3) is 0 Å². The molecule has 358 valence electrons. The number of rotatable bonds is 8. The largest absolute Gasteiger partial charge is 0.0719 e. The van der Waals surface area contributed by atoms with Crippen molar-refractivity contribution in [1.29, 1.82) is 0 Å². The highest BCUT2D eigenvalue weighted by Crippen LogP contribution is 2.59. The smallest absolute Gasteiger partial charge is 0.0622 e. The average Bonchev–Trinajstić information content (AvgIpc) is 3.94. The van der Waals surface area contributed by atoms with E-state index in [9.17, 15) is 0 Å². The number of fused-ring (bicyclic) bond motifs is 7. The standard InChI is InChI=1S/C77H50/c1-4-22-51(23-5-1)57-46-58(52-24-6-2-7-25-52)48-59(47-57)61-44-45-71(64-32-13-12-31-63(61)64)76-69-36-16-14-34-67(69)75(68-35-15-17-37-70(68)76)56-41-43-66-65-33-19-21-39-73(65)77(74(66)50-56,60-42-40-53-26-10-11-29-55(53)49-60)72-38-20-18-30-62(72)54-27-8-3-9-28-54/h1-50H. The molecule has 1 aliphatic rings. The molecule has 77 heavy (non-hydrogen) atoms. The van der Waals surface area contributed by atoms with Gasteiger partial charge in [-0.25, -0.2) is 0 Å². The van der Waals surface area contributed by atoms with Gasteiger partial charge in [0.1, 0.15) is 0 Å². The predicted molar refractivity (Wildman–Crippen MR) is 326 cm³/mol. The maximum Gasteiger partial charge on any atom is 0.0719 e. The topological polar surface area (TPSA) is 0 Å². The molecule has 0 amide bonds. The summed E-state index contributed by atoms with van der Waals surface area (Å²) in [5.41, 5.74) is 21.6. The van der Waals surface area contributed by atoms with Crippen molar-refractivity contribution in [2.24, 2.45) is 0 Å². The van der Waals surface area contributed by atoms with Crippen molar-refractivity contribution in [1.82, 2.24) is 0 Å². The van der Waals surface area contributed by atoms with E-state index in [-0.39, 0.29) is 0 Å². The van der Waals surface area contributed by atoms with E-state index in [0.29, 0.717) is 0 Å². The van der Waals surface area contributed by atoms with Crippen molar-refractivity contribution >= 4 is 43.1 Å². The molecule has 0 bridgehead atoms. The molecule has 0 N–H and O–H groups in total. The van der Waals surface area contributed by atoms with Crippen LogP contribution in [0.2, 0.25) is 0 Å². The lowest BCUT2D eigenvalue weighted by Crippen LogP contribution is -2.29. The van der Waals surface area contributed by atoms with Gasteiger partial charge in [-0.05, 0) is 174 Å². The second kappa shape index (κ2) is 18.2. The minimum atomic E-state index is -0.646. The summed E-state index contributed by atoms with van der Waals surface area (Å²) in [5, 5.41) is 9.85. The van der Waals surface area contributed by atoms with Gasteiger partial charge in [-0.1, -0.05) is 273 Å². The molecule has 0 spiro atoms. The predicted octanol–water partition coefficient (Wildman–Crippen LogP) is 20.7. The summed E-state index contributed by atoms with van der Waals surface area (Å²) in [6.45, 7) is 0. The molecule has 1 aliphatic carbocycles. The first-order valence-electron chi connectivity index (χ1n) is 26.8. The summed E-state index contributed by atoms with van der Waals surface area (Å²) < 4.78 is 0. The highest BCUT2D eigenvalue weighted by atomic mass is 14.5. The molecule has 0 nitrogen and oxygen atoms in total. The third-order valence-corrected chi connectivity index (χ3v) is 16.5. The van der Waals surface area contributed by atoms with E-state index in [1.165, 1.54) is 143 Å². The van der Waals surface area contributed by atoms with E-state index in [0.717, 1.165) is 0 Å². The van der Waals surface area contributed by atoms with Gasteiger partial charge in [-0.15, -0.1) is 0 Å². The summed E-state index contributed by atoms with van der Waals surface area (Å²) in [4.78, 5) is 0. The van der Waals surface area contributed by atoms with Crippen molar-refractivity contribution < 1.29 is 0 Å². The first kappa shape index (κ1) is 44.6. The molecule has 0 fully saturated rings. The van der Waals surface area contributed by atoms with Gasteiger partial charge in [-0.2, -0.15) is 0 Å². The molecule has 1 unspecified atom stereocenters. The molecule has 15 rings (SSSR count). The van der Waals surface area contributed by atoms with Gasteiger partial charge in [0.15, 0.2) is 0 Å². The monoisotopic (exact) mass is 974 g/mol. The first-order chi connectivity index (χ1) is 38.2. The lowest BCUT2D eigenvalue weighted by molar-refractivity contribution is 0.772. The second-order valence-electron chi connectivity index (χ2n) is 20.6. The van der Waals surface area contributed by atoms with Crippen molar-refractivity contribution in [3.05, 3.63) is 326 Å². The fourth-order valence-corrected chi connectivity index (χ4v) is 13.2. The van der Waals surface area contributed by atoms with Crippen LogP contribution in [0.3, 0.4) is 0 Å². The van der Waals surface area contributed by atoms with Crippen molar-refractivity contribution in [3.8, 4) is 77.9 Å². The Morgan fingerprint density at radius 2 is 0.610 bits per heavy atom. The van der Waals surface area contributed by atoms with Crippen LogP contribution in [0.4, 0.5) is 0 Å². The van der Waals surface area contributed by atoms with Crippen molar-refractivity contribution in [3.63, 3.8) is 0 Å². The molecule has 0 saturated carbocycles. The third kappa shape index (κ3) is 7.14. The zero-order valence-electron chi connectivity index (χ0n) is 42.4. The number of hydrogen-bond donors (Lipinski definition) is 0. The van der Waals surface area contributed by atoms with Crippen molar-refractivity contribution in [2.75, 3.05) is 0 Å². The third-order valence-electron chi connectivity index (χ3n) is 16.5. The maximum atomic E-state index is 2.55. The van der Waals surface area contributed by atoms with Crippen LogP contribution in [0.5, 0.6) is 0 Å². The zero-order chi connectivity index (χ0) is 50.9. The fourth-order valence-electron chi connectivity index (χ4n) is 13.2. The SMILES string of the molecule is c1ccc(-c2cc(-c3ccccc3)cc(-c3ccc(-c4c5ccccc5c(-c5ccc6c(c5)C(c5ccc7ccccc7c5)(c5ccccc5-c5ccccc5)c5ccccc5-6)c5ccccc45)c4ccccc34)c2)cc1. The van der Waals surface area contributed by atoms with E-state index in [1.807, 2.05) is 0 Å². The van der Waals surface area contributed by atoms with Gasteiger partial charge in [0, 0.05) is 0 Å². The Hall–Kier alpha value is -9.88. The summed E-state index contributed by atoms with van der Waals surface area (Å²) in [6, 6.07) is 113. The minimum absolute atomic E-state index is 0.646. The van der Waals surface area contributed by atoms with Gasteiger partial charge in [-0.3, -0.25) is 0 Å². The molecular formula is C77H50. The lowest BCUT2D eigenvalue weighted by Gasteiger charge is -2.36. The zero-order valence-corrected chi connectivity index (χ0v) is 42.4. The van der Waals surface area contributed by atoms with E-state index < -0.39 is 5.41 Å². The number of hydrogen-bond acceptors (Lipinski definition) is 0. The highest BCUT2D eigenvalue weighted by Gasteiger charge is 2.47. The van der Waals surface area contributed by atoms with Gasteiger partial charge in [0.05, 0.1) is 5.41 Å². The molecule has 0 heterocycles. The van der Waals surface area contributed by atoms with Crippen LogP contribution in [0.15, 0.2) is 303 Å². The minimum Gasteiger partial charge on any atom is -0.0622 e. The van der Waals surface area contributed by atoms with Gasteiger partial charge < -0.3 is 0 Å². The fraction of sp³-hybridized carbons (Fsp3) is 0.0130. The van der Waals surface area contributed by atoms with Crippen LogP contribution in [0.1, 0.15) is 22.3 Å². The summed E-state index contributed by atoms with van der Waals surface area (Å²) >= 11 is 0. The molecule has 0 heteroatoms. The highest BCUT2D eigenvalue weighted by molar-refractivity contribution is 6.24. The average molecular weight is 975 g/mol. The van der Waals surface area contributed by atoms with Gasteiger partial charge >= 0.3 is 0 Å². The summed E-state index contributed by atoms with van der Waals surface area (Å²) in [6.07, 6.45) is 0. The Kier molecular flexibility index (Phi) is 10.5. The molecular weight excluding hydrogens is 925 g/mol. The van der Waals surface area contributed by atoms with Crippen LogP contribution < -0.4 is 0 Å². The second-order valence-corrected chi connectivity index (χ2v) is 20.6. The van der Waals surface area contributed by atoms with Crippen LogP contribution in [-0.4, -0.2) is 0 Å². The van der Waals surface area contributed by atoms with Gasteiger partial charge in [0.2, 0.25) is 0 Å². The van der Waals surface area contributed by atoms with E-state index in [4.69, 9.17) is 0 Å². The number of benzene rings is 14. The maximum absolute atomic E-state index is 2.55. The Morgan fingerprint density at radius 1 is 0.182 bits per heavy atom. The quantitative estimate of drug-likeness (QED) is 0.133. The normalized spacial score (nSPS) is 13.8. The molecule has 1 atom stereocenters. The Balaban J connectivity index is 0.970. The van der Waals surface area contributed by atoms with Crippen LogP contribution in [0, 0.1) is 0 Å². The van der Waals surface area contributed by atoms with E-state index in [1.54, 1.807) is 0 Å². The Bertz CT molecular complexity index is 4490. The Morgan fingerprint density at radius 3 is 1.23 bits per heavy atom. The van der Waals surface area contributed by atoms with Crippen molar-refractivity contribution in [2.45, 2.75) is 5.41 Å². The van der Waals surface area contributed by atoms with E-state index >= 15 is 0 Å². The molecule has 0 radical (unpaired) electrons. The summed E-state index contributed by atoms with van der Waals surface area (Å²) in [7, 11) is 0. The van der Waals surface area contributed by atoms with Crippen LogP contribution in [0.25, 0.3) is 121 Å².